The summed E-state index contributed by atoms with van der Waals surface area (Å²) < 4.78 is 5.17. The van der Waals surface area contributed by atoms with Gasteiger partial charge in [0.05, 0.1) is 4.92 Å². The van der Waals surface area contributed by atoms with Gasteiger partial charge in [0.2, 0.25) is 0 Å². The summed E-state index contributed by atoms with van der Waals surface area (Å²) in [6, 6.07) is 8.25. The first-order valence-corrected chi connectivity index (χ1v) is 5.87. The second-order valence-electron chi connectivity index (χ2n) is 3.96. The molecule has 2 N–H and O–H groups in total. The summed E-state index contributed by atoms with van der Waals surface area (Å²) in [4.78, 5) is 25.4. The van der Waals surface area contributed by atoms with Crippen LogP contribution in [-0.4, -0.2) is 27.5 Å². The van der Waals surface area contributed by atoms with Crippen molar-refractivity contribution >= 4 is 17.4 Å². The molecule has 0 atom stereocenters. The molecule has 0 saturated heterocycles. The van der Waals surface area contributed by atoms with Crippen LogP contribution in [0.5, 0.6) is 11.5 Å². The molecule has 0 aliphatic carbocycles. The van der Waals surface area contributed by atoms with Gasteiger partial charge in [0.1, 0.15) is 5.75 Å². The number of non-ortho nitro benzene ring substituents is 1. The van der Waals surface area contributed by atoms with E-state index in [1.807, 2.05) is 0 Å². The normalized spacial score (nSPS) is 9.90. The van der Waals surface area contributed by atoms with Crippen LogP contribution < -0.4 is 10.1 Å². The third-order valence-corrected chi connectivity index (χ3v) is 2.46. The van der Waals surface area contributed by atoms with Crippen molar-refractivity contribution in [1.82, 2.24) is 4.98 Å². The summed E-state index contributed by atoms with van der Waals surface area (Å²) in [5, 5.41) is 22.3. The highest BCUT2D eigenvalue weighted by molar-refractivity contribution is 5.92. The first kappa shape index (κ1) is 14.3. The van der Waals surface area contributed by atoms with Crippen LogP contribution in [0.4, 0.5) is 11.5 Å². The van der Waals surface area contributed by atoms with Crippen LogP contribution in [0.3, 0.4) is 0 Å². The van der Waals surface area contributed by atoms with Gasteiger partial charge >= 0.3 is 0 Å². The average Bonchev–Trinajstić information content (AvgIpc) is 2.48. The lowest BCUT2D eigenvalue weighted by Crippen LogP contribution is -2.20. The van der Waals surface area contributed by atoms with E-state index in [4.69, 9.17) is 4.74 Å². The van der Waals surface area contributed by atoms with Gasteiger partial charge in [-0.15, -0.1) is 0 Å². The van der Waals surface area contributed by atoms with E-state index in [0.29, 0.717) is 5.75 Å². The predicted octanol–water partition coefficient (Wildman–Crippen LogP) is 1.71. The Morgan fingerprint density at radius 1 is 1.33 bits per heavy atom. The lowest BCUT2D eigenvalue weighted by Gasteiger charge is -2.07. The van der Waals surface area contributed by atoms with Gasteiger partial charge in [-0.05, 0) is 24.3 Å². The number of pyridine rings is 1. The van der Waals surface area contributed by atoms with E-state index >= 15 is 0 Å². The number of nitro benzene ring substituents is 1. The molecule has 0 bridgehead atoms. The first-order chi connectivity index (χ1) is 10.1. The maximum absolute atomic E-state index is 11.6. The number of nitrogens with zero attached hydrogens (tertiary/aromatic N) is 2. The molecule has 8 nitrogen and oxygen atoms in total. The van der Waals surface area contributed by atoms with Crippen LogP contribution in [0.2, 0.25) is 0 Å². The summed E-state index contributed by atoms with van der Waals surface area (Å²) in [5.74, 6) is -0.306. The number of carbonyl (C=O) groups excluding carboxylic acids is 1. The van der Waals surface area contributed by atoms with E-state index in [2.05, 4.69) is 10.3 Å². The minimum absolute atomic E-state index is 0.0369. The van der Waals surface area contributed by atoms with Crippen LogP contribution in [0.1, 0.15) is 0 Å². The lowest BCUT2D eigenvalue weighted by molar-refractivity contribution is -0.384. The third-order valence-electron chi connectivity index (χ3n) is 2.46. The molecule has 1 aromatic heterocycles. The van der Waals surface area contributed by atoms with Crippen molar-refractivity contribution in [3.8, 4) is 11.5 Å². The molecular formula is C13H11N3O5. The highest BCUT2D eigenvalue weighted by Crippen LogP contribution is 2.19. The molecule has 0 aliphatic heterocycles. The number of amides is 1. The molecule has 1 aromatic carbocycles. The molecule has 0 fully saturated rings. The lowest BCUT2D eigenvalue weighted by atomic mass is 10.3. The van der Waals surface area contributed by atoms with Crippen LogP contribution >= 0.6 is 0 Å². The Morgan fingerprint density at radius 2 is 2.05 bits per heavy atom. The summed E-state index contributed by atoms with van der Waals surface area (Å²) in [7, 11) is 0. The quantitative estimate of drug-likeness (QED) is 0.639. The molecule has 8 heteroatoms. The van der Waals surface area contributed by atoms with Gasteiger partial charge in [0.15, 0.2) is 18.2 Å². The molecule has 0 saturated carbocycles. The Kier molecular flexibility index (Phi) is 4.30. The smallest absolute Gasteiger partial charge is 0.269 e. The van der Waals surface area contributed by atoms with Crippen LogP contribution in [-0.2, 0) is 4.79 Å². The van der Waals surface area contributed by atoms with Gasteiger partial charge in [-0.3, -0.25) is 14.9 Å². The fourth-order valence-corrected chi connectivity index (χ4v) is 1.47. The van der Waals surface area contributed by atoms with E-state index in [9.17, 15) is 20.0 Å². The van der Waals surface area contributed by atoms with Crippen molar-refractivity contribution in [2.75, 3.05) is 11.9 Å². The van der Waals surface area contributed by atoms with Gasteiger partial charge in [-0.2, -0.15) is 0 Å². The first-order valence-electron chi connectivity index (χ1n) is 5.87. The Hall–Kier alpha value is -3.16. The molecule has 2 rings (SSSR count). The number of nitro groups is 1. The molecular weight excluding hydrogens is 278 g/mol. The SMILES string of the molecule is O=C(COc1ccc([N+](=O)[O-])cc1)Nc1ncccc1O. The monoisotopic (exact) mass is 289 g/mol. The number of benzene rings is 1. The van der Waals surface area contributed by atoms with Crippen LogP contribution in [0, 0.1) is 10.1 Å². The molecule has 0 spiro atoms. The van der Waals surface area contributed by atoms with Gasteiger partial charge in [0.25, 0.3) is 11.6 Å². The maximum Gasteiger partial charge on any atom is 0.269 e. The molecule has 21 heavy (non-hydrogen) atoms. The molecule has 1 heterocycles. The number of hydrogen-bond acceptors (Lipinski definition) is 6. The fraction of sp³-hybridized carbons (Fsp3) is 0.0769. The van der Waals surface area contributed by atoms with E-state index < -0.39 is 10.8 Å². The Balaban J connectivity index is 1.89. The average molecular weight is 289 g/mol. The minimum Gasteiger partial charge on any atom is -0.504 e. The number of aromatic hydroxyl groups is 1. The highest BCUT2D eigenvalue weighted by atomic mass is 16.6. The zero-order chi connectivity index (χ0) is 15.2. The van der Waals surface area contributed by atoms with Crippen molar-refractivity contribution < 1.29 is 19.6 Å². The van der Waals surface area contributed by atoms with Crippen molar-refractivity contribution in [3.63, 3.8) is 0 Å². The van der Waals surface area contributed by atoms with E-state index in [1.54, 1.807) is 0 Å². The molecule has 0 unspecified atom stereocenters. The molecule has 0 radical (unpaired) electrons. The van der Waals surface area contributed by atoms with Gasteiger partial charge in [-0.1, -0.05) is 0 Å². The second-order valence-corrected chi connectivity index (χ2v) is 3.96. The molecule has 108 valence electrons. The fourth-order valence-electron chi connectivity index (χ4n) is 1.47. The van der Waals surface area contributed by atoms with Gasteiger partial charge < -0.3 is 15.2 Å². The molecule has 1 amide bonds. The van der Waals surface area contributed by atoms with Crippen molar-refractivity contribution in [2.45, 2.75) is 0 Å². The van der Waals surface area contributed by atoms with Crippen molar-refractivity contribution in [1.29, 1.82) is 0 Å². The highest BCUT2D eigenvalue weighted by Gasteiger charge is 2.09. The Morgan fingerprint density at radius 3 is 2.67 bits per heavy atom. The topological polar surface area (TPSA) is 115 Å². The van der Waals surface area contributed by atoms with E-state index in [-0.39, 0.29) is 23.9 Å². The number of hydrogen-bond donors (Lipinski definition) is 2. The molecule has 2 aromatic rings. The summed E-state index contributed by atoms with van der Waals surface area (Å²) in [6.45, 7) is -0.312. The third kappa shape index (κ3) is 3.90. The van der Waals surface area contributed by atoms with E-state index in [0.717, 1.165) is 0 Å². The second kappa shape index (κ2) is 6.33. The van der Waals surface area contributed by atoms with Crippen LogP contribution in [0.25, 0.3) is 0 Å². The number of nitrogens with one attached hydrogen (secondary N) is 1. The minimum atomic E-state index is -0.527. The Labute approximate surface area is 119 Å². The van der Waals surface area contributed by atoms with Crippen LogP contribution in [0.15, 0.2) is 42.6 Å². The maximum atomic E-state index is 11.6. The summed E-state index contributed by atoms with van der Waals surface area (Å²) >= 11 is 0. The van der Waals surface area contributed by atoms with Crippen molar-refractivity contribution in [3.05, 3.63) is 52.7 Å². The summed E-state index contributed by atoms with van der Waals surface area (Å²) in [5.41, 5.74) is -0.0646. The Bertz CT molecular complexity index is 657. The largest absolute Gasteiger partial charge is 0.504 e. The molecule has 0 aliphatic rings. The van der Waals surface area contributed by atoms with E-state index in [1.165, 1.54) is 42.6 Å². The number of rotatable bonds is 5. The van der Waals surface area contributed by atoms with Crippen molar-refractivity contribution in [2.24, 2.45) is 0 Å². The van der Waals surface area contributed by atoms with Gasteiger partial charge in [-0.25, -0.2) is 4.98 Å². The number of aromatic nitrogens is 1. The van der Waals surface area contributed by atoms with Gasteiger partial charge in [0, 0.05) is 18.3 Å². The number of carbonyl (C=O) groups is 1. The zero-order valence-electron chi connectivity index (χ0n) is 10.7. The predicted molar refractivity (Wildman–Crippen MR) is 73.1 cm³/mol. The summed E-state index contributed by atoms with van der Waals surface area (Å²) in [6.07, 6.45) is 1.42. The zero-order valence-corrected chi connectivity index (χ0v) is 10.7. The number of anilines is 1. The number of ether oxygens (including phenoxy) is 1. The standard InChI is InChI=1S/C13H11N3O5/c17-11-2-1-7-14-13(11)15-12(18)8-21-10-5-3-9(4-6-10)16(19)20/h1-7,17H,8H2,(H,14,15,18).